The minimum atomic E-state index is -0.534. The Kier molecular flexibility index (Phi) is 4.91. The van der Waals surface area contributed by atoms with Gasteiger partial charge in [-0.05, 0) is 42.1 Å². The number of fused-ring (bicyclic) bond motifs is 3. The number of thiophene rings is 1. The van der Waals surface area contributed by atoms with Crippen LogP contribution in [0, 0.1) is 18.3 Å². The second-order valence-electron chi connectivity index (χ2n) is 7.62. The first kappa shape index (κ1) is 19.1. The number of pyridine rings is 1. The van der Waals surface area contributed by atoms with Gasteiger partial charge in [0.1, 0.15) is 11.9 Å². The van der Waals surface area contributed by atoms with Gasteiger partial charge in [-0.3, -0.25) is 4.40 Å². The summed E-state index contributed by atoms with van der Waals surface area (Å²) in [4.78, 5) is 8.03. The van der Waals surface area contributed by atoms with E-state index in [1.54, 1.807) is 11.3 Å². The van der Waals surface area contributed by atoms with Gasteiger partial charge in [-0.1, -0.05) is 18.2 Å². The number of anilines is 1. The minimum Gasteiger partial charge on any atom is -0.387 e. The summed E-state index contributed by atoms with van der Waals surface area (Å²) in [5, 5.41) is 22.5. The second-order valence-corrected chi connectivity index (χ2v) is 8.60. The molecule has 6 nitrogen and oxygen atoms in total. The van der Waals surface area contributed by atoms with Crippen molar-refractivity contribution in [3.8, 4) is 6.07 Å². The molecule has 2 unspecified atom stereocenters. The minimum absolute atomic E-state index is 0.0209. The van der Waals surface area contributed by atoms with Crippen LogP contribution in [-0.4, -0.2) is 40.3 Å². The highest BCUT2D eigenvalue weighted by atomic mass is 32.1. The number of morpholine rings is 1. The van der Waals surface area contributed by atoms with Crippen LogP contribution in [0.3, 0.4) is 0 Å². The van der Waals surface area contributed by atoms with Crippen molar-refractivity contribution in [1.82, 2.24) is 9.38 Å². The van der Waals surface area contributed by atoms with E-state index in [0.29, 0.717) is 30.8 Å². The molecule has 1 N–H and O–H groups in total. The number of aromatic nitrogens is 2. The van der Waals surface area contributed by atoms with Crippen LogP contribution in [0.15, 0.2) is 47.8 Å². The zero-order valence-corrected chi connectivity index (χ0v) is 17.5. The van der Waals surface area contributed by atoms with Crippen LogP contribution >= 0.6 is 11.3 Å². The Morgan fingerprint density at radius 1 is 1.33 bits per heavy atom. The maximum absolute atomic E-state index is 10.8. The molecule has 1 saturated heterocycles. The average molecular weight is 419 g/mol. The SMILES string of the molecule is Cc1cc(N2CCOCC2CC(O)c2cccs2)n2c(nc3ccccc32)c1C#N. The Morgan fingerprint density at radius 2 is 2.20 bits per heavy atom. The molecule has 0 aliphatic carbocycles. The number of rotatable bonds is 4. The zero-order chi connectivity index (χ0) is 20.7. The number of nitrogens with zero attached hydrogens (tertiary/aromatic N) is 4. The molecule has 7 heteroatoms. The highest BCUT2D eigenvalue weighted by Gasteiger charge is 2.29. The van der Waals surface area contributed by atoms with Crippen molar-refractivity contribution in [3.63, 3.8) is 0 Å². The summed E-state index contributed by atoms with van der Waals surface area (Å²) in [5.41, 5.74) is 4.02. The van der Waals surface area contributed by atoms with Gasteiger partial charge in [-0.15, -0.1) is 11.3 Å². The van der Waals surface area contributed by atoms with E-state index in [2.05, 4.69) is 21.4 Å². The van der Waals surface area contributed by atoms with Crippen LogP contribution in [-0.2, 0) is 4.74 Å². The largest absolute Gasteiger partial charge is 0.387 e. The summed E-state index contributed by atoms with van der Waals surface area (Å²) in [5.74, 6) is 0.988. The van der Waals surface area contributed by atoms with E-state index >= 15 is 0 Å². The van der Waals surface area contributed by atoms with Gasteiger partial charge in [0.2, 0.25) is 0 Å². The second kappa shape index (κ2) is 7.73. The van der Waals surface area contributed by atoms with E-state index in [1.807, 2.05) is 48.7 Å². The molecule has 1 aliphatic heterocycles. The van der Waals surface area contributed by atoms with Crippen molar-refractivity contribution < 1.29 is 9.84 Å². The predicted molar refractivity (Wildman–Crippen MR) is 118 cm³/mol. The molecule has 2 atom stereocenters. The van der Waals surface area contributed by atoms with Gasteiger partial charge in [0.05, 0.1) is 42.0 Å². The molecule has 0 amide bonds. The van der Waals surface area contributed by atoms with Crippen LogP contribution in [0.5, 0.6) is 0 Å². The Hall–Kier alpha value is -2.92. The van der Waals surface area contributed by atoms with E-state index < -0.39 is 6.10 Å². The van der Waals surface area contributed by atoms with E-state index in [0.717, 1.165) is 33.8 Å². The third-order valence-corrected chi connectivity index (χ3v) is 6.73. The molecule has 1 fully saturated rings. The van der Waals surface area contributed by atoms with Crippen molar-refractivity contribution in [1.29, 1.82) is 5.26 Å². The molecule has 4 aromatic rings. The molecule has 0 saturated carbocycles. The Bertz CT molecular complexity index is 1240. The molecule has 0 bridgehead atoms. The normalized spacial score (nSPS) is 18.0. The number of aliphatic hydroxyl groups excluding tert-OH is 1. The Balaban J connectivity index is 1.64. The Labute approximate surface area is 178 Å². The first-order chi connectivity index (χ1) is 14.7. The molecular weight excluding hydrogens is 396 g/mol. The highest BCUT2D eigenvalue weighted by Crippen LogP contribution is 2.33. The quantitative estimate of drug-likeness (QED) is 0.541. The zero-order valence-electron chi connectivity index (χ0n) is 16.7. The standard InChI is InChI=1S/C23H22N4O2S/c1-15-11-22(27-19-6-3-2-5-18(19)25-23(27)17(15)13-24)26-8-9-29-14-16(26)12-20(28)21-7-4-10-30-21/h2-7,10-11,16,20,28H,8-9,12,14H2,1H3. The average Bonchev–Trinajstić information content (AvgIpc) is 3.42. The molecule has 5 rings (SSSR count). The lowest BCUT2D eigenvalue weighted by atomic mass is 10.0. The van der Waals surface area contributed by atoms with Crippen molar-refractivity contribution in [2.24, 2.45) is 0 Å². The van der Waals surface area contributed by atoms with Crippen molar-refractivity contribution in [2.45, 2.75) is 25.5 Å². The summed E-state index contributed by atoms with van der Waals surface area (Å²) >= 11 is 1.57. The summed E-state index contributed by atoms with van der Waals surface area (Å²) in [7, 11) is 0. The number of benzene rings is 1. The fraction of sp³-hybridized carbons (Fsp3) is 0.304. The molecule has 1 aromatic carbocycles. The summed E-state index contributed by atoms with van der Waals surface area (Å²) in [6.45, 7) is 3.85. The molecule has 0 radical (unpaired) electrons. The van der Waals surface area contributed by atoms with Crippen LogP contribution in [0.2, 0.25) is 0 Å². The number of aliphatic hydroxyl groups is 1. The smallest absolute Gasteiger partial charge is 0.157 e. The number of nitriles is 1. The van der Waals surface area contributed by atoms with Gasteiger partial charge >= 0.3 is 0 Å². The maximum Gasteiger partial charge on any atom is 0.157 e. The number of hydrogen-bond acceptors (Lipinski definition) is 6. The summed E-state index contributed by atoms with van der Waals surface area (Å²) in [6.07, 6.45) is 0.0435. The van der Waals surface area contributed by atoms with Gasteiger partial charge in [-0.25, -0.2) is 4.98 Å². The first-order valence-corrected chi connectivity index (χ1v) is 10.9. The van der Waals surface area contributed by atoms with Crippen LogP contribution < -0.4 is 4.90 Å². The number of para-hydroxylation sites is 2. The van der Waals surface area contributed by atoms with Gasteiger partial charge in [-0.2, -0.15) is 5.26 Å². The van der Waals surface area contributed by atoms with Crippen molar-refractivity contribution in [3.05, 3.63) is 63.8 Å². The monoisotopic (exact) mass is 418 g/mol. The number of imidazole rings is 1. The van der Waals surface area contributed by atoms with E-state index in [9.17, 15) is 10.4 Å². The first-order valence-electron chi connectivity index (χ1n) is 10.0. The van der Waals surface area contributed by atoms with Gasteiger partial charge in [0.15, 0.2) is 5.65 Å². The van der Waals surface area contributed by atoms with E-state index in [4.69, 9.17) is 9.72 Å². The lowest BCUT2D eigenvalue weighted by molar-refractivity contribution is 0.0684. The van der Waals surface area contributed by atoms with E-state index in [-0.39, 0.29) is 6.04 Å². The molecule has 30 heavy (non-hydrogen) atoms. The number of ether oxygens (including phenoxy) is 1. The van der Waals surface area contributed by atoms with Crippen molar-refractivity contribution in [2.75, 3.05) is 24.7 Å². The third kappa shape index (κ3) is 3.14. The predicted octanol–water partition coefficient (Wildman–Crippen LogP) is 4.06. The van der Waals surface area contributed by atoms with Gasteiger partial charge in [0.25, 0.3) is 0 Å². The summed E-state index contributed by atoms with van der Waals surface area (Å²) in [6, 6.07) is 16.3. The fourth-order valence-corrected chi connectivity index (χ4v) is 5.01. The van der Waals surface area contributed by atoms with Crippen molar-refractivity contribution >= 4 is 33.8 Å². The lowest BCUT2D eigenvalue weighted by Gasteiger charge is -2.38. The fourth-order valence-electron chi connectivity index (χ4n) is 4.29. The van der Waals surface area contributed by atoms with Gasteiger partial charge < -0.3 is 14.7 Å². The highest BCUT2D eigenvalue weighted by molar-refractivity contribution is 7.10. The topological polar surface area (TPSA) is 73.8 Å². The molecule has 3 aromatic heterocycles. The maximum atomic E-state index is 10.8. The van der Waals surface area contributed by atoms with Crippen LogP contribution in [0.1, 0.15) is 28.5 Å². The van der Waals surface area contributed by atoms with Gasteiger partial charge in [0, 0.05) is 17.8 Å². The number of hydrogen-bond donors (Lipinski definition) is 1. The van der Waals surface area contributed by atoms with Crippen LogP contribution in [0.4, 0.5) is 5.82 Å². The van der Waals surface area contributed by atoms with Crippen LogP contribution in [0.25, 0.3) is 16.7 Å². The van der Waals surface area contributed by atoms with E-state index in [1.165, 1.54) is 0 Å². The molecular formula is C23H22N4O2S. The Morgan fingerprint density at radius 3 is 3.00 bits per heavy atom. The molecule has 0 spiro atoms. The molecule has 4 heterocycles. The molecule has 152 valence electrons. The molecule has 1 aliphatic rings. The lowest BCUT2D eigenvalue weighted by Crippen LogP contribution is -2.47. The number of aryl methyl sites for hydroxylation is 1. The third-order valence-electron chi connectivity index (χ3n) is 5.75. The summed E-state index contributed by atoms with van der Waals surface area (Å²) < 4.78 is 7.86.